The summed E-state index contributed by atoms with van der Waals surface area (Å²) in [7, 11) is 2.13. The molecule has 1 aliphatic heterocycles. The summed E-state index contributed by atoms with van der Waals surface area (Å²) in [6, 6.07) is 3.83. The van der Waals surface area contributed by atoms with Crippen molar-refractivity contribution in [1.29, 1.82) is 0 Å². The number of carbonyl (C=O) groups is 1. The summed E-state index contributed by atoms with van der Waals surface area (Å²) in [6.07, 6.45) is 0.272. The highest BCUT2D eigenvalue weighted by Gasteiger charge is 2.18. The number of aryl methyl sites for hydroxylation is 1. The molecule has 0 spiro atoms. The molecule has 22 heavy (non-hydrogen) atoms. The number of amides is 1. The molecule has 1 saturated heterocycles. The zero-order chi connectivity index (χ0) is 15.7. The van der Waals surface area contributed by atoms with Crippen molar-refractivity contribution in [3.05, 3.63) is 17.7 Å². The molecule has 0 atom stereocenters. The molecule has 2 aromatic rings. The summed E-state index contributed by atoms with van der Waals surface area (Å²) < 4.78 is 5.13. The van der Waals surface area contributed by atoms with Crippen molar-refractivity contribution in [3.8, 4) is 5.75 Å². The number of H-pyrrole nitrogens is 1. The highest BCUT2D eigenvalue weighted by Crippen LogP contribution is 2.30. The molecular weight excluding hydrogens is 282 g/mol. The molecule has 0 radical (unpaired) electrons. The van der Waals surface area contributed by atoms with Crippen LogP contribution in [0.5, 0.6) is 5.75 Å². The number of ether oxygens (including phenoxy) is 1. The van der Waals surface area contributed by atoms with Crippen LogP contribution in [0.2, 0.25) is 0 Å². The van der Waals surface area contributed by atoms with E-state index in [9.17, 15) is 4.79 Å². The molecule has 1 aliphatic rings. The summed E-state index contributed by atoms with van der Waals surface area (Å²) in [4.78, 5) is 23.6. The van der Waals surface area contributed by atoms with Gasteiger partial charge in [0.2, 0.25) is 5.95 Å². The summed E-state index contributed by atoms with van der Waals surface area (Å²) in [5.74, 6) is 1.24. The van der Waals surface area contributed by atoms with E-state index in [2.05, 4.69) is 26.8 Å². The van der Waals surface area contributed by atoms with Crippen LogP contribution in [-0.2, 0) is 0 Å². The highest BCUT2D eigenvalue weighted by molar-refractivity contribution is 5.87. The number of nitrogens with one attached hydrogen (secondary N) is 1. The van der Waals surface area contributed by atoms with Gasteiger partial charge in [-0.1, -0.05) is 6.07 Å². The molecule has 0 saturated carbocycles. The first-order chi connectivity index (χ1) is 10.5. The lowest BCUT2D eigenvalue weighted by molar-refractivity contribution is 0.211. The number of nitrogens with two attached hydrogens (primary N) is 1. The minimum atomic E-state index is -0.823. The third-order valence-electron chi connectivity index (χ3n) is 4.01. The monoisotopic (exact) mass is 303 g/mol. The van der Waals surface area contributed by atoms with Gasteiger partial charge in [0.1, 0.15) is 5.52 Å². The quantitative estimate of drug-likeness (QED) is 0.877. The van der Waals surface area contributed by atoms with Gasteiger partial charge in [0.05, 0.1) is 5.52 Å². The van der Waals surface area contributed by atoms with E-state index in [1.807, 2.05) is 19.1 Å². The number of carbonyl (C=O) groups excluding carboxylic acids is 1. The van der Waals surface area contributed by atoms with E-state index in [1.54, 1.807) is 0 Å². The molecule has 3 N–H and O–H groups in total. The van der Waals surface area contributed by atoms with Crippen molar-refractivity contribution < 1.29 is 9.53 Å². The summed E-state index contributed by atoms with van der Waals surface area (Å²) in [5.41, 5.74) is 7.48. The lowest BCUT2D eigenvalue weighted by Crippen LogP contribution is -2.29. The maximum atomic E-state index is 11.1. The number of primary amides is 1. The van der Waals surface area contributed by atoms with Crippen molar-refractivity contribution in [3.63, 3.8) is 0 Å². The molecule has 0 aliphatic carbocycles. The van der Waals surface area contributed by atoms with E-state index >= 15 is 0 Å². The minimum absolute atomic E-state index is 0.430. The number of hydrogen-bond acceptors (Lipinski definition) is 5. The Morgan fingerprint density at radius 1 is 1.32 bits per heavy atom. The Labute approximate surface area is 129 Å². The zero-order valence-corrected chi connectivity index (χ0v) is 12.9. The fraction of sp³-hybridized carbons (Fsp3) is 0.467. The van der Waals surface area contributed by atoms with Crippen LogP contribution in [0.3, 0.4) is 0 Å². The van der Waals surface area contributed by atoms with Gasteiger partial charge in [-0.2, -0.15) is 0 Å². The number of fused-ring (bicyclic) bond motifs is 1. The van der Waals surface area contributed by atoms with E-state index < -0.39 is 6.09 Å². The van der Waals surface area contributed by atoms with E-state index in [-0.39, 0.29) is 0 Å². The predicted octanol–water partition coefficient (Wildman–Crippen LogP) is 1.47. The average molecular weight is 303 g/mol. The van der Waals surface area contributed by atoms with Gasteiger partial charge >= 0.3 is 6.09 Å². The van der Waals surface area contributed by atoms with E-state index in [0.717, 1.165) is 49.6 Å². The highest BCUT2D eigenvalue weighted by atomic mass is 16.5. The molecule has 1 aromatic carbocycles. The third kappa shape index (κ3) is 2.85. The second kappa shape index (κ2) is 5.84. The molecule has 3 rings (SSSR count). The van der Waals surface area contributed by atoms with Crippen LogP contribution in [0.1, 0.15) is 12.0 Å². The maximum Gasteiger partial charge on any atom is 0.410 e. The normalized spacial score (nSPS) is 16.7. The van der Waals surface area contributed by atoms with E-state index in [1.165, 1.54) is 0 Å². The number of hydrogen-bond donors (Lipinski definition) is 2. The van der Waals surface area contributed by atoms with Gasteiger partial charge in [0.15, 0.2) is 5.75 Å². The number of nitrogens with zero attached hydrogens (tertiary/aromatic N) is 3. The molecule has 1 aromatic heterocycles. The zero-order valence-electron chi connectivity index (χ0n) is 12.9. The van der Waals surface area contributed by atoms with Crippen molar-refractivity contribution in [1.82, 2.24) is 14.9 Å². The molecule has 1 amide bonds. The lowest BCUT2D eigenvalue weighted by Gasteiger charge is -2.19. The van der Waals surface area contributed by atoms with Gasteiger partial charge in [-0.25, -0.2) is 9.78 Å². The van der Waals surface area contributed by atoms with Gasteiger partial charge in [-0.3, -0.25) is 0 Å². The minimum Gasteiger partial charge on any atom is -0.408 e. The third-order valence-corrected chi connectivity index (χ3v) is 4.01. The second-order valence-corrected chi connectivity index (χ2v) is 5.73. The maximum absolute atomic E-state index is 11.1. The summed E-state index contributed by atoms with van der Waals surface area (Å²) in [6.45, 7) is 5.83. The van der Waals surface area contributed by atoms with Gasteiger partial charge in [0, 0.05) is 19.6 Å². The SMILES string of the molecule is Cc1ccc2[nH]c(N3CCCN(C)CC3)nc2c1OC(N)=O. The van der Waals surface area contributed by atoms with Crippen LogP contribution >= 0.6 is 0 Å². The van der Waals surface area contributed by atoms with Gasteiger partial charge in [0.25, 0.3) is 0 Å². The van der Waals surface area contributed by atoms with Gasteiger partial charge < -0.3 is 25.3 Å². The number of anilines is 1. The Balaban J connectivity index is 1.97. The lowest BCUT2D eigenvalue weighted by atomic mass is 10.2. The predicted molar refractivity (Wildman–Crippen MR) is 85.4 cm³/mol. The largest absolute Gasteiger partial charge is 0.410 e. The summed E-state index contributed by atoms with van der Waals surface area (Å²) in [5, 5.41) is 0. The Morgan fingerprint density at radius 2 is 2.14 bits per heavy atom. The number of imidazole rings is 1. The van der Waals surface area contributed by atoms with E-state index in [0.29, 0.717) is 11.3 Å². The molecule has 0 bridgehead atoms. The molecule has 118 valence electrons. The first kappa shape index (κ1) is 14.6. The van der Waals surface area contributed by atoms with Gasteiger partial charge in [-0.05, 0) is 38.6 Å². The summed E-state index contributed by atoms with van der Waals surface area (Å²) >= 11 is 0. The molecule has 7 heteroatoms. The number of rotatable bonds is 2. The fourth-order valence-electron chi connectivity index (χ4n) is 2.78. The second-order valence-electron chi connectivity index (χ2n) is 5.73. The topological polar surface area (TPSA) is 87.5 Å². The van der Waals surface area contributed by atoms with Crippen LogP contribution in [-0.4, -0.2) is 54.2 Å². The number of aromatic amines is 1. The van der Waals surface area contributed by atoms with Crippen molar-refractivity contribution in [2.45, 2.75) is 13.3 Å². The Bertz CT molecular complexity index is 697. The Morgan fingerprint density at radius 3 is 2.91 bits per heavy atom. The molecule has 1 fully saturated rings. The molecular formula is C15H21N5O2. The van der Waals surface area contributed by atoms with Crippen molar-refractivity contribution in [2.24, 2.45) is 5.73 Å². The van der Waals surface area contributed by atoms with Crippen LogP contribution in [0.25, 0.3) is 11.0 Å². The fourth-order valence-corrected chi connectivity index (χ4v) is 2.78. The van der Waals surface area contributed by atoms with Crippen LogP contribution < -0.4 is 15.4 Å². The standard InChI is InChI=1S/C15H21N5O2/c1-10-4-5-11-12(13(10)22-14(16)21)18-15(17-11)20-7-3-6-19(2)8-9-20/h4-5H,3,6-9H2,1-2H3,(H2,16,21)(H,17,18). The Kier molecular flexibility index (Phi) is 3.89. The average Bonchev–Trinajstić information content (AvgIpc) is 2.78. The number of aromatic nitrogens is 2. The molecule has 0 unspecified atom stereocenters. The van der Waals surface area contributed by atoms with Crippen molar-refractivity contribution >= 4 is 23.1 Å². The first-order valence-corrected chi connectivity index (χ1v) is 7.44. The smallest absolute Gasteiger partial charge is 0.408 e. The Hall–Kier alpha value is -2.28. The van der Waals surface area contributed by atoms with Crippen LogP contribution in [0.4, 0.5) is 10.7 Å². The first-order valence-electron chi connectivity index (χ1n) is 7.44. The van der Waals surface area contributed by atoms with Crippen molar-refractivity contribution in [2.75, 3.05) is 38.1 Å². The molecule has 7 nitrogen and oxygen atoms in total. The number of benzene rings is 1. The van der Waals surface area contributed by atoms with Crippen LogP contribution in [0.15, 0.2) is 12.1 Å². The molecule has 2 heterocycles. The number of likely N-dealkylation sites (N-methyl/N-ethyl adjacent to an activating group) is 1. The van der Waals surface area contributed by atoms with E-state index in [4.69, 9.17) is 10.5 Å². The van der Waals surface area contributed by atoms with Crippen LogP contribution in [0, 0.1) is 6.92 Å². The van der Waals surface area contributed by atoms with Gasteiger partial charge in [-0.15, -0.1) is 0 Å².